The van der Waals surface area contributed by atoms with Gasteiger partial charge in [0.25, 0.3) is 0 Å². The summed E-state index contributed by atoms with van der Waals surface area (Å²) in [6.45, 7) is 1.80. The van der Waals surface area contributed by atoms with E-state index < -0.39 is 0 Å². The second-order valence-corrected chi connectivity index (χ2v) is 3.91. The van der Waals surface area contributed by atoms with Crippen LogP contribution >= 0.6 is 0 Å². The minimum atomic E-state index is 0.469. The SMILES string of the molecule is N#Cc1nc(-c2ccncc2)n2c1NCCC2. The molecule has 5 heteroatoms. The third-order valence-electron chi connectivity index (χ3n) is 2.86. The highest BCUT2D eigenvalue weighted by molar-refractivity contribution is 5.64. The summed E-state index contributed by atoms with van der Waals surface area (Å²) in [7, 11) is 0. The Morgan fingerprint density at radius 1 is 1.35 bits per heavy atom. The number of rotatable bonds is 1. The molecule has 1 N–H and O–H groups in total. The summed E-state index contributed by atoms with van der Waals surface area (Å²) < 4.78 is 2.07. The smallest absolute Gasteiger partial charge is 0.183 e. The van der Waals surface area contributed by atoms with Crippen LogP contribution in [-0.2, 0) is 6.54 Å². The number of imidazole rings is 1. The lowest BCUT2D eigenvalue weighted by atomic mass is 10.2. The second kappa shape index (κ2) is 3.91. The summed E-state index contributed by atoms with van der Waals surface area (Å²) >= 11 is 0. The summed E-state index contributed by atoms with van der Waals surface area (Å²) in [5.41, 5.74) is 1.46. The van der Waals surface area contributed by atoms with Crippen molar-refractivity contribution in [2.24, 2.45) is 0 Å². The van der Waals surface area contributed by atoms with E-state index in [1.165, 1.54) is 0 Å². The maximum absolute atomic E-state index is 9.08. The van der Waals surface area contributed by atoms with Gasteiger partial charge in [0.05, 0.1) is 0 Å². The van der Waals surface area contributed by atoms with Gasteiger partial charge in [0.15, 0.2) is 5.69 Å². The Morgan fingerprint density at radius 2 is 2.18 bits per heavy atom. The first kappa shape index (κ1) is 9.85. The van der Waals surface area contributed by atoms with Gasteiger partial charge in [-0.3, -0.25) is 4.98 Å². The minimum Gasteiger partial charge on any atom is -0.369 e. The van der Waals surface area contributed by atoms with Crippen LogP contribution in [0.5, 0.6) is 0 Å². The number of anilines is 1. The van der Waals surface area contributed by atoms with Crippen LogP contribution in [0, 0.1) is 11.3 Å². The minimum absolute atomic E-state index is 0.469. The maximum atomic E-state index is 9.08. The number of hydrogen-bond acceptors (Lipinski definition) is 4. The van der Waals surface area contributed by atoms with E-state index in [4.69, 9.17) is 5.26 Å². The zero-order valence-corrected chi connectivity index (χ0v) is 9.22. The molecule has 1 aliphatic rings. The number of nitrogens with zero attached hydrogens (tertiary/aromatic N) is 4. The molecular formula is C12H11N5. The zero-order chi connectivity index (χ0) is 11.7. The van der Waals surface area contributed by atoms with E-state index in [0.29, 0.717) is 5.69 Å². The van der Waals surface area contributed by atoms with Gasteiger partial charge < -0.3 is 9.88 Å². The Kier molecular flexibility index (Phi) is 2.26. The van der Waals surface area contributed by atoms with Crippen LogP contribution in [0.3, 0.4) is 0 Å². The van der Waals surface area contributed by atoms with Crippen molar-refractivity contribution in [2.45, 2.75) is 13.0 Å². The molecule has 1 aliphatic heterocycles. The van der Waals surface area contributed by atoms with Crippen molar-refractivity contribution in [1.29, 1.82) is 5.26 Å². The third kappa shape index (κ3) is 1.54. The molecule has 5 nitrogen and oxygen atoms in total. The van der Waals surface area contributed by atoms with Crippen LogP contribution in [0.1, 0.15) is 12.1 Å². The lowest BCUT2D eigenvalue weighted by molar-refractivity contribution is 0.635. The van der Waals surface area contributed by atoms with Crippen molar-refractivity contribution in [3.63, 3.8) is 0 Å². The standard InChI is InChI=1S/C12H11N5/c13-8-10-12-15-4-1-7-17(12)11(16-10)9-2-5-14-6-3-9/h2-3,5-6,15H,1,4,7H2. The number of nitrogens with one attached hydrogen (secondary N) is 1. The first-order valence-corrected chi connectivity index (χ1v) is 5.55. The predicted octanol–water partition coefficient (Wildman–Crippen LogP) is 1.63. The lowest BCUT2D eigenvalue weighted by Crippen LogP contribution is -2.17. The van der Waals surface area contributed by atoms with Crippen molar-refractivity contribution in [1.82, 2.24) is 14.5 Å². The van der Waals surface area contributed by atoms with Gasteiger partial charge >= 0.3 is 0 Å². The summed E-state index contributed by atoms with van der Waals surface area (Å²) in [4.78, 5) is 8.38. The molecule has 2 aromatic rings. The number of aromatic nitrogens is 3. The molecular weight excluding hydrogens is 214 g/mol. The van der Waals surface area contributed by atoms with Gasteiger partial charge in [-0.1, -0.05) is 0 Å². The summed E-state index contributed by atoms with van der Waals surface area (Å²) in [6, 6.07) is 5.95. The summed E-state index contributed by atoms with van der Waals surface area (Å²) in [5, 5.41) is 12.3. The first-order valence-electron chi connectivity index (χ1n) is 5.55. The molecule has 0 atom stereocenters. The normalized spacial score (nSPS) is 13.6. The fourth-order valence-corrected chi connectivity index (χ4v) is 2.09. The fourth-order valence-electron chi connectivity index (χ4n) is 2.09. The molecule has 0 bridgehead atoms. The molecule has 0 saturated carbocycles. The van der Waals surface area contributed by atoms with E-state index in [0.717, 1.165) is 36.7 Å². The maximum Gasteiger partial charge on any atom is 0.183 e. The monoisotopic (exact) mass is 225 g/mol. The molecule has 0 amide bonds. The van der Waals surface area contributed by atoms with Crippen LogP contribution in [0.2, 0.25) is 0 Å². The van der Waals surface area contributed by atoms with Gasteiger partial charge in [0.1, 0.15) is 17.7 Å². The van der Waals surface area contributed by atoms with Crippen LogP contribution in [0.15, 0.2) is 24.5 Å². The quantitative estimate of drug-likeness (QED) is 0.801. The van der Waals surface area contributed by atoms with Gasteiger partial charge in [-0.05, 0) is 18.6 Å². The van der Waals surface area contributed by atoms with Crippen molar-refractivity contribution >= 4 is 5.82 Å². The van der Waals surface area contributed by atoms with E-state index in [-0.39, 0.29) is 0 Å². The zero-order valence-electron chi connectivity index (χ0n) is 9.22. The third-order valence-corrected chi connectivity index (χ3v) is 2.86. The average molecular weight is 225 g/mol. The van der Waals surface area contributed by atoms with Crippen molar-refractivity contribution in [2.75, 3.05) is 11.9 Å². The molecule has 3 rings (SSSR count). The Labute approximate surface area is 98.7 Å². The number of nitriles is 1. The molecule has 0 fully saturated rings. The van der Waals surface area contributed by atoms with E-state index in [2.05, 4.69) is 25.9 Å². The van der Waals surface area contributed by atoms with Crippen LogP contribution < -0.4 is 5.32 Å². The number of pyridine rings is 1. The van der Waals surface area contributed by atoms with Gasteiger partial charge in [-0.15, -0.1) is 0 Å². The average Bonchev–Trinajstić information content (AvgIpc) is 2.78. The molecule has 0 aliphatic carbocycles. The highest BCUT2D eigenvalue weighted by Gasteiger charge is 2.20. The molecule has 84 valence electrons. The van der Waals surface area contributed by atoms with Crippen molar-refractivity contribution in [3.05, 3.63) is 30.2 Å². The van der Waals surface area contributed by atoms with Gasteiger partial charge in [-0.2, -0.15) is 5.26 Å². The van der Waals surface area contributed by atoms with Crippen LogP contribution in [0.25, 0.3) is 11.4 Å². The lowest BCUT2D eigenvalue weighted by Gasteiger charge is -2.18. The first-order chi connectivity index (χ1) is 8.40. The Balaban J connectivity index is 2.18. The molecule has 2 aromatic heterocycles. The Bertz CT molecular complexity index is 579. The second-order valence-electron chi connectivity index (χ2n) is 3.91. The molecule has 17 heavy (non-hydrogen) atoms. The van der Waals surface area contributed by atoms with E-state index >= 15 is 0 Å². The number of fused-ring (bicyclic) bond motifs is 1. The van der Waals surface area contributed by atoms with Crippen LogP contribution in [0.4, 0.5) is 5.82 Å². The highest BCUT2D eigenvalue weighted by Crippen LogP contribution is 2.27. The molecule has 0 aromatic carbocycles. The van der Waals surface area contributed by atoms with Gasteiger partial charge in [0.2, 0.25) is 0 Å². The van der Waals surface area contributed by atoms with Gasteiger partial charge in [-0.25, -0.2) is 4.98 Å². The van der Waals surface area contributed by atoms with Crippen molar-refractivity contribution < 1.29 is 0 Å². The fraction of sp³-hybridized carbons (Fsp3) is 0.250. The number of hydrogen-bond donors (Lipinski definition) is 1. The summed E-state index contributed by atoms with van der Waals surface area (Å²) in [5.74, 6) is 1.68. The van der Waals surface area contributed by atoms with Crippen LogP contribution in [-0.4, -0.2) is 21.1 Å². The molecule has 3 heterocycles. The van der Waals surface area contributed by atoms with E-state index in [1.807, 2.05) is 12.1 Å². The molecule has 0 unspecified atom stereocenters. The molecule has 0 radical (unpaired) electrons. The predicted molar refractivity (Wildman–Crippen MR) is 63.3 cm³/mol. The van der Waals surface area contributed by atoms with E-state index in [9.17, 15) is 0 Å². The summed E-state index contributed by atoms with van der Waals surface area (Å²) in [6.07, 6.45) is 4.52. The largest absolute Gasteiger partial charge is 0.369 e. The van der Waals surface area contributed by atoms with Gasteiger partial charge in [0, 0.05) is 31.0 Å². The molecule has 0 saturated heterocycles. The highest BCUT2D eigenvalue weighted by atomic mass is 15.2. The topological polar surface area (TPSA) is 66.5 Å². The Morgan fingerprint density at radius 3 is 2.94 bits per heavy atom. The Hall–Kier alpha value is -2.35. The van der Waals surface area contributed by atoms with E-state index in [1.54, 1.807) is 12.4 Å². The molecule has 0 spiro atoms. The van der Waals surface area contributed by atoms with Crippen molar-refractivity contribution in [3.8, 4) is 17.5 Å².